The normalized spacial score (nSPS) is 55.6. The van der Waals surface area contributed by atoms with Gasteiger partial charge in [0.1, 0.15) is 0 Å². The van der Waals surface area contributed by atoms with Gasteiger partial charge in [-0.2, -0.15) is 5.26 Å². The van der Waals surface area contributed by atoms with E-state index >= 15 is 0 Å². The highest BCUT2D eigenvalue weighted by Crippen LogP contribution is 2.83. The molecule has 1 spiro atoms. The van der Waals surface area contributed by atoms with Crippen LogP contribution in [0.1, 0.15) is 86.0 Å². The number of nitrogens with zero attached hydrogens (tertiary/aromatic N) is 1. The number of fused-ring (bicyclic) bond motifs is 3. The van der Waals surface area contributed by atoms with Crippen LogP contribution in [-0.2, 0) is 4.43 Å². The number of nitriles is 1. The van der Waals surface area contributed by atoms with Gasteiger partial charge in [0.05, 0.1) is 6.07 Å². The van der Waals surface area contributed by atoms with E-state index in [1.54, 1.807) is 0 Å². The zero-order valence-electron chi connectivity index (χ0n) is 21.6. The Morgan fingerprint density at radius 1 is 0.935 bits per heavy atom. The lowest BCUT2D eigenvalue weighted by atomic mass is 9.55. The lowest BCUT2D eigenvalue weighted by molar-refractivity contribution is -0.0810. The molecule has 3 heteroatoms. The third-order valence-corrected chi connectivity index (χ3v) is 12.9. The molecule has 5 saturated carbocycles. The van der Waals surface area contributed by atoms with Crippen LogP contribution in [0, 0.1) is 69.0 Å². The van der Waals surface area contributed by atoms with E-state index in [4.69, 9.17) is 4.43 Å². The summed E-state index contributed by atoms with van der Waals surface area (Å²) in [5.74, 6) is 4.92. The first kappa shape index (κ1) is 22.5. The van der Waals surface area contributed by atoms with E-state index < -0.39 is 13.9 Å². The predicted octanol–water partition coefficient (Wildman–Crippen LogP) is 7.66. The third kappa shape index (κ3) is 2.59. The van der Waals surface area contributed by atoms with Crippen LogP contribution in [0.5, 0.6) is 0 Å². The molecule has 4 unspecified atom stereocenters. The molecule has 0 saturated heterocycles. The largest absolute Gasteiger partial charge is 0.399 e. The molecule has 0 aliphatic heterocycles. The summed E-state index contributed by atoms with van der Waals surface area (Å²) in [7, 11) is -1.89. The second-order valence-electron chi connectivity index (χ2n) is 14.5. The summed E-state index contributed by atoms with van der Waals surface area (Å²) >= 11 is 0. The van der Waals surface area contributed by atoms with Gasteiger partial charge in [0.2, 0.25) is 0 Å². The smallest absolute Gasteiger partial charge is 0.185 e. The van der Waals surface area contributed by atoms with Crippen molar-refractivity contribution in [3.63, 3.8) is 0 Å². The lowest BCUT2D eigenvalue weighted by Crippen LogP contribution is -2.58. The summed E-state index contributed by atoms with van der Waals surface area (Å²) in [6.07, 6.45) is 10.6. The highest BCUT2D eigenvalue weighted by Gasteiger charge is 2.82. The first-order valence-corrected chi connectivity index (χ1v) is 16.9. The van der Waals surface area contributed by atoms with Gasteiger partial charge in [-0.15, -0.1) is 0 Å². The van der Waals surface area contributed by atoms with Crippen LogP contribution in [0.4, 0.5) is 0 Å². The first-order valence-electron chi connectivity index (χ1n) is 13.5. The first-order chi connectivity index (χ1) is 14.4. The maximum absolute atomic E-state index is 11.1. The minimum Gasteiger partial charge on any atom is -0.399 e. The van der Waals surface area contributed by atoms with Crippen molar-refractivity contribution in [2.24, 2.45) is 57.7 Å². The Morgan fingerprint density at radius 3 is 2.26 bits per heavy atom. The topological polar surface area (TPSA) is 33.0 Å². The van der Waals surface area contributed by atoms with Crippen molar-refractivity contribution in [3.8, 4) is 6.07 Å². The Balaban J connectivity index is 1.68. The molecule has 0 aromatic heterocycles. The molecule has 174 valence electrons. The molecular formula is C28H47NOSi. The van der Waals surface area contributed by atoms with E-state index in [-0.39, 0.29) is 10.8 Å². The number of rotatable bonds is 3. The monoisotopic (exact) mass is 441 g/mol. The van der Waals surface area contributed by atoms with Gasteiger partial charge in [-0.3, -0.25) is 0 Å². The van der Waals surface area contributed by atoms with Crippen LogP contribution in [0.3, 0.4) is 0 Å². The van der Waals surface area contributed by atoms with Crippen molar-refractivity contribution in [1.82, 2.24) is 0 Å². The van der Waals surface area contributed by atoms with Gasteiger partial charge in [-0.05, 0) is 117 Å². The minimum absolute atomic E-state index is 0.0894. The van der Waals surface area contributed by atoms with Gasteiger partial charge >= 0.3 is 0 Å². The maximum atomic E-state index is 11.1. The molecule has 5 rings (SSSR count). The average Bonchev–Trinajstić information content (AvgIpc) is 3.32. The van der Waals surface area contributed by atoms with Crippen molar-refractivity contribution in [1.29, 1.82) is 5.26 Å². The molecule has 5 aliphatic carbocycles. The molecule has 0 amide bonds. The van der Waals surface area contributed by atoms with E-state index in [1.807, 2.05) is 0 Å². The summed E-state index contributed by atoms with van der Waals surface area (Å²) in [4.78, 5) is 0. The van der Waals surface area contributed by atoms with Gasteiger partial charge in [0.25, 0.3) is 0 Å². The molecule has 5 fully saturated rings. The molecule has 0 heterocycles. The van der Waals surface area contributed by atoms with Crippen LogP contribution in [0.25, 0.3) is 0 Å². The van der Waals surface area contributed by atoms with E-state index in [2.05, 4.69) is 60.3 Å². The summed E-state index contributed by atoms with van der Waals surface area (Å²) in [6.45, 7) is 19.6. The van der Waals surface area contributed by atoms with Crippen molar-refractivity contribution in [2.45, 2.75) is 111 Å². The van der Waals surface area contributed by atoms with Gasteiger partial charge in [-0.25, -0.2) is 0 Å². The fourth-order valence-corrected chi connectivity index (χ4v) is 12.3. The van der Waals surface area contributed by atoms with E-state index in [9.17, 15) is 5.26 Å². The molecule has 31 heavy (non-hydrogen) atoms. The molecule has 0 N–H and O–H groups in total. The van der Waals surface area contributed by atoms with Crippen LogP contribution in [-0.4, -0.2) is 13.9 Å². The summed E-state index contributed by atoms with van der Waals surface area (Å²) < 4.78 is 7.29. The standard InChI is InChI=1S/C28H47NOSi/c1-18(2)20-10-12-25(4)16-24-23(15-22(20)25)28(17-29,30-31(6,7)8)27-14-9-19(3)21(27)11-13-26(24,27)5/h18-24H,9-16H2,1-8H3/t19-,20+,21+,22?,23?,24+,25-,26+,27?,28?/m1/s1. The molecule has 0 radical (unpaired) electrons. The van der Waals surface area contributed by atoms with Crippen molar-refractivity contribution >= 4 is 8.32 Å². The average molecular weight is 442 g/mol. The van der Waals surface area contributed by atoms with Crippen LogP contribution in [0.2, 0.25) is 19.6 Å². The van der Waals surface area contributed by atoms with E-state index in [1.165, 1.54) is 51.4 Å². The highest BCUT2D eigenvalue weighted by molar-refractivity contribution is 6.69. The Hall–Kier alpha value is -0.333. The molecule has 0 aromatic rings. The quantitative estimate of drug-likeness (QED) is 0.421. The van der Waals surface area contributed by atoms with Crippen LogP contribution >= 0.6 is 0 Å². The molecule has 5 aliphatic rings. The fourth-order valence-electron chi connectivity index (χ4n) is 10.9. The molecule has 2 nitrogen and oxygen atoms in total. The van der Waals surface area contributed by atoms with Crippen molar-refractivity contribution in [3.05, 3.63) is 0 Å². The minimum atomic E-state index is -1.89. The second kappa shape index (κ2) is 6.62. The van der Waals surface area contributed by atoms with Gasteiger partial charge in [0.15, 0.2) is 13.9 Å². The Bertz CT molecular complexity index is 796. The van der Waals surface area contributed by atoms with Crippen molar-refractivity contribution in [2.75, 3.05) is 0 Å². The summed E-state index contributed by atoms with van der Waals surface area (Å²) in [5, 5.41) is 11.1. The number of hydrogen-bond acceptors (Lipinski definition) is 2. The van der Waals surface area contributed by atoms with Gasteiger partial charge in [0, 0.05) is 11.3 Å². The predicted molar refractivity (Wildman–Crippen MR) is 130 cm³/mol. The van der Waals surface area contributed by atoms with Crippen LogP contribution < -0.4 is 0 Å². The van der Waals surface area contributed by atoms with Gasteiger partial charge in [-0.1, -0.05) is 34.6 Å². The Labute approximate surface area is 193 Å². The summed E-state index contributed by atoms with van der Waals surface area (Å²) in [6, 6.07) is 3.06. The zero-order chi connectivity index (χ0) is 22.6. The Kier molecular flexibility index (Phi) is 4.80. The van der Waals surface area contributed by atoms with E-state index in [0.717, 1.165) is 23.7 Å². The number of hydrogen-bond donors (Lipinski definition) is 0. The SMILES string of the molecule is CC(C)[C@@H]1CC[C@]2(C)C[C@H]3C(CC12)C(C#N)(O[Si](C)(C)C)C12CC[C@@H](C)[C@@H]1CC[C@@]32C. The molecule has 0 bridgehead atoms. The third-order valence-electron chi connectivity index (χ3n) is 11.9. The molecule has 0 aromatic carbocycles. The zero-order valence-corrected chi connectivity index (χ0v) is 22.6. The lowest BCUT2D eigenvalue weighted by Gasteiger charge is -2.51. The van der Waals surface area contributed by atoms with E-state index in [0.29, 0.717) is 23.2 Å². The molecular weight excluding hydrogens is 394 g/mol. The summed E-state index contributed by atoms with van der Waals surface area (Å²) in [5.41, 5.74) is 0.306. The van der Waals surface area contributed by atoms with Crippen LogP contribution in [0.15, 0.2) is 0 Å². The van der Waals surface area contributed by atoms with Crippen molar-refractivity contribution < 1.29 is 4.43 Å². The second-order valence-corrected chi connectivity index (χ2v) is 18.9. The highest BCUT2D eigenvalue weighted by atomic mass is 28.4. The maximum Gasteiger partial charge on any atom is 0.185 e. The van der Waals surface area contributed by atoms with Gasteiger partial charge < -0.3 is 4.43 Å². The Morgan fingerprint density at radius 2 is 1.65 bits per heavy atom. The molecule has 10 atom stereocenters. The fraction of sp³-hybridized carbons (Fsp3) is 0.964.